The maximum atomic E-state index is 12.6. The summed E-state index contributed by atoms with van der Waals surface area (Å²) in [5.74, 6) is 0. The number of benzene rings is 1. The number of nitrogens with zero attached hydrogens (tertiary/aromatic N) is 1. The third-order valence-electron chi connectivity index (χ3n) is 5.69. The van der Waals surface area contributed by atoms with Gasteiger partial charge in [-0.2, -0.15) is 0 Å². The fourth-order valence-corrected chi connectivity index (χ4v) is 4.33. The molecule has 1 spiro atoms. The number of amides is 1. The average Bonchev–Trinajstić information content (AvgIpc) is 2.95. The zero-order chi connectivity index (χ0) is 15.2. The van der Waals surface area contributed by atoms with Crippen molar-refractivity contribution in [2.45, 2.75) is 62.7 Å². The molecule has 1 aromatic carbocycles. The summed E-state index contributed by atoms with van der Waals surface area (Å²) in [7, 11) is 0. The Kier molecular flexibility index (Phi) is 3.37. The van der Waals surface area contributed by atoms with Crippen LogP contribution in [0, 0.1) is 0 Å². The molecule has 3 aliphatic rings. The Bertz CT molecular complexity index is 577. The minimum absolute atomic E-state index is 0.163. The molecule has 2 fully saturated rings. The lowest BCUT2D eigenvalue weighted by Crippen LogP contribution is -2.52. The molecule has 118 valence electrons. The van der Waals surface area contributed by atoms with Gasteiger partial charge in [-0.15, -0.1) is 0 Å². The van der Waals surface area contributed by atoms with Gasteiger partial charge >= 0.3 is 6.09 Å². The monoisotopic (exact) mass is 301 g/mol. The number of aliphatic hydroxyl groups excluding tert-OH is 1. The smallest absolute Gasteiger partial charge is 0.410 e. The fraction of sp³-hybridized carbons (Fsp3) is 0.611. The highest BCUT2D eigenvalue weighted by Gasteiger charge is 2.45. The molecule has 1 amide bonds. The quantitative estimate of drug-likeness (QED) is 0.866. The molecule has 2 aliphatic carbocycles. The highest BCUT2D eigenvalue weighted by Crippen LogP contribution is 2.42. The third kappa shape index (κ3) is 2.30. The van der Waals surface area contributed by atoms with Crippen molar-refractivity contribution in [3.8, 4) is 0 Å². The molecule has 1 N–H and O–H groups in total. The van der Waals surface area contributed by atoms with Gasteiger partial charge in [0.25, 0.3) is 0 Å². The molecule has 4 heteroatoms. The molecule has 22 heavy (non-hydrogen) atoms. The summed E-state index contributed by atoms with van der Waals surface area (Å²) in [5.41, 5.74) is 2.33. The molecular formula is C18H23NO3. The van der Waals surface area contributed by atoms with E-state index in [1.165, 1.54) is 11.1 Å². The first-order valence-corrected chi connectivity index (χ1v) is 8.42. The summed E-state index contributed by atoms with van der Waals surface area (Å²) in [5, 5.41) is 9.67. The molecular weight excluding hydrogens is 278 g/mol. The minimum atomic E-state index is -0.315. The predicted octanol–water partition coefficient (Wildman–Crippen LogP) is 3.19. The Balaban J connectivity index is 1.49. The molecule has 1 saturated carbocycles. The Hall–Kier alpha value is -1.55. The number of fused-ring (bicyclic) bond motifs is 1. The number of rotatable bonds is 1. The summed E-state index contributed by atoms with van der Waals surface area (Å²) >= 11 is 0. The number of hydrogen-bond acceptors (Lipinski definition) is 3. The maximum Gasteiger partial charge on any atom is 0.410 e. The van der Waals surface area contributed by atoms with Crippen LogP contribution in [0.25, 0.3) is 0 Å². The predicted molar refractivity (Wildman–Crippen MR) is 82.5 cm³/mol. The lowest BCUT2D eigenvalue weighted by Gasteiger charge is -2.45. The first-order valence-electron chi connectivity index (χ1n) is 8.42. The van der Waals surface area contributed by atoms with E-state index in [1.54, 1.807) is 0 Å². The van der Waals surface area contributed by atoms with Crippen LogP contribution in [0.15, 0.2) is 24.3 Å². The molecule has 4 nitrogen and oxygen atoms in total. The van der Waals surface area contributed by atoms with Crippen molar-refractivity contribution in [3.63, 3.8) is 0 Å². The Morgan fingerprint density at radius 3 is 2.68 bits per heavy atom. The number of aliphatic hydroxyl groups is 1. The molecule has 1 aromatic rings. The Morgan fingerprint density at radius 2 is 1.91 bits per heavy atom. The first-order chi connectivity index (χ1) is 10.7. The molecule has 1 atom stereocenters. The van der Waals surface area contributed by atoms with Crippen LogP contribution in [0.1, 0.15) is 55.7 Å². The van der Waals surface area contributed by atoms with Gasteiger partial charge in [0.1, 0.15) is 5.60 Å². The van der Waals surface area contributed by atoms with Crippen LogP contribution in [0.3, 0.4) is 0 Å². The molecule has 1 heterocycles. The van der Waals surface area contributed by atoms with E-state index in [-0.39, 0.29) is 23.8 Å². The molecule has 1 unspecified atom stereocenters. The van der Waals surface area contributed by atoms with E-state index in [9.17, 15) is 9.90 Å². The molecule has 4 rings (SSSR count). The largest absolute Gasteiger partial charge is 0.443 e. The highest BCUT2D eigenvalue weighted by molar-refractivity contribution is 5.70. The summed E-state index contributed by atoms with van der Waals surface area (Å²) < 4.78 is 5.88. The van der Waals surface area contributed by atoms with E-state index in [1.807, 2.05) is 4.90 Å². The molecule has 0 radical (unpaired) electrons. The lowest BCUT2D eigenvalue weighted by molar-refractivity contribution is -0.0917. The average molecular weight is 301 g/mol. The summed E-state index contributed by atoms with van der Waals surface area (Å²) in [6.07, 6.45) is 5.66. The van der Waals surface area contributed by atoms with Gasteiger partial charge in [-0.3, -0.25) is 0 Å². The van der Waals surface area contributed by atoms with Crippen LogP contribution in [-0.2, 0) is 11.2 Å². The highest BCUT2D eigenvalue weighted by atomic mass is 16.6. The summed E-state index contributed by atoms with van der Waals surface area (Å²) in [4.78, 5) is 14.5. The number of carbonyl (C=O) groups is 1. The van der Waals surface area contributed by atoms with E-state index < -0.39 is 0 Å². The van der Waals surface area contributed by atoms with Gasteiger partial charge in [-0.1, -0.05) is 24.3 Å². The van der Waals surface area contributed by atoms with Crippen LogP contribution in [0.2, 0.25) is 0 Å². The molecule has 0 bridgehead atoms. The third-order valence-corrected chi connectivity index (χ3v) is 5.69. The summed E-state index contributed by atoms with van der Waals surface area (Å²) in [6.45, 7) is 0.772. The van der Waals surface area contributed by atoms with E-state index >= 15 is 0 Å². The van der Waals surface area contributed by atoms with E-state index in [0.29, 0.717) is 0 Å². The van der Waals surface area contributed by atoms with Crippen LogP contribution in [0.5, 0.6) is 0 Å². The van der Waals surface area contributed by atoms with Crippen LogP contribution < -0.4 is 0 Å². The van der Waals surface area contributed by atoms with Gasteiger partial charge in [0, 0.05) is 13.0 Å². The van der Waals surface area contributed by atoms with Crippen LogP contribution in [-0.4, -0.2) is 34.3 Å². The molecule has 0 aromatic heterocycles. The topological polar surface area (TPSA) is 49.8 Å². The van der Waals surface area contributed by atoms with E-state index in [0.717, 1.165) is 51.5 Å². The number of aryl methyl sites for hydroxylation is 1. The maximum absolute atomic E-state index is 12.6. The standard InChI is InChI=1S/C18H23NO3/c20-14-7-9-18(10-8-14)11-12-19(17(21)22-18)16-6-5-13-3-1-2-4-15(13)16/h1-4,14,16,20H,5-12H2. The molecule has 1 aliphatic heterocycles. The fourth-order valence-electron chi connectivity index (χ4n) is 4.33. The second kappa shape index (κ2) is 5.27. The van der Waals surface area contributed by atoms with Gasteiger partial charge < -0.3 is 14.7 Å². The number of ether oxygens (including phenoxy) is 1. The summed E-state index contributed by atoms with van der Waals surface area (Å²) in [6, 6.07) is 8.60. The van der Waals surface area contributed by atoms with Crippen molar-refractivity contribution in [3.05, 3.63) is 35.4 Å². The van der Waals surface area contributed by atoms with Gasteiger partial charge in [-0.05, 0) is 49.7 Å². The van der Waals surface area contributed by atoms with Crippen molar-refractivity contribution in [2.24, 2.45) is 0 Å². The second-order valence-electron chi connectivity index (χ2n) is 6.98. The van der Waals surface area contributed by atoms with Gasteiger partial charge in [0.2, 0.25) is 0 Å². The zero-order valence-corrected chi connectivity index (χ0v) is 12.8. The lowest BCUT2D eigenvalue weighted by atomic mass is 9.80. The van der Waals surface area contributed by atoms with Crippen molar-refractivity contribution in [2.75, 3.05) is 6.54 Å². The van der Waals surface area contributed by atoms with Crippen molar-refractivity contribution in [1.82, 2.24) is 4.90 Å². The Morgan fingerprint density at radius 1 is 1.14 bits per heavy atom. The van der Waals surface area contributed by atoms with Crippen molar-refractivity contribution in [1.29, 1.82) is 0 Å². The van der Waals surface area contributed by atoms with Crippen molar-refractivity contribution < 1.29 is 14.6 Å². The van der Waals surface area contributed by atoms with Gasteiger partial charge in [0.05, 0.1) is 12.1 Å². The normalized spacial score (nSPS) is 34.6. The van der Waals surface area contributed by atoms with E-state index in [4.69, 9.17) is 4.74 Å². The second-order valence-corrected chi connectivity index (χ2v) is 6.98. The number of hydrogen-bond donors (Lipinski definition) is 1. The van der Waals surface area contributed by atoms with E-state index in [2.05, 4.69) is 24.3 Å². The molecule has 1 saturated heterocycles. The Labute approximate surface area is 131 Å². The van der Waals surface area contributed by atoms with Crippen LogP contribution in [0.4, 0.5) is 4.79 Å². The van der Waals surface area contributed by atoms with Crippen molar-refractivity contribution >= 4 is 6.09 Å². The van der Waals surface area contributed by atoms with Crippen LogP contribution >= 0.6 is 0 Å². The van der Waals surface area contributed by atoms with Gasteiger partial charge in [-0.25, -0.2) is 4.79 Å². The minimum Gasteiger partial charge on any atom is -0.443 e. The SMILES string of the molecule is O=C1OC2(CCC(O)CC2)CCN1C1CCc2ccccc21. The zero-order valence-electron chi connectivity index (χ0n) is 12.8. The number of carbonyl (C=O) groups excluding carboxylic acids is 1. The van der Waals surface area contributed by atoms with Gasteiger partial charge in [0.15, 0.2) is 0 Å². The first kappa shape index (κ1) is 14.1.